The van der Waals surface area contributed by atoms with Gasteiger partial charge in [0.05, 0.1) is 0 Å². The average molecular weight is 196 g/mol. The molecule has 0 aliphatic carbocycles. The fourth-order valence-corrected chi connectivity index (χ4v) is 1.58. The normalized spacial score (nSPS) is 12.8. The Morgan fingerprint density at radius 3 is 2.30 bits per heavy atom. The van der Waals surface area contributed by atoms with Crippen molar-refractivity contribution in [3.8, 4) is 6.07 Å². The second-order valence-corrected chi connectivity index (χ2v) is 4.43. The zero-order chi connectivity index (χ0) is 8.15. The summed E-state index contributed by atoms with van der Waals surface area (Å²) in [6, 6.07) is 1.76. The van der Waals surface area contributed by atoms with E-state index in [9.17, 15) is 0 Å². The molecule has 0 spiro atoms. The van der Waals surface area contributed by atoms with Crippen LogP contribution in [0.4, 0.5) is 0 Å². The smallest absolute Gasteiger partial charge is 0.143 e. The van der Waals surface area contributed by atoms with E-state index in [1.54, 1.807) is 6.07 Å². The van der Waals surface area contributed by atoms with Gasteiger partial charge in [-0.05, 0) is 0 Å². The summed E-state index contributed by atoms with van der Waals surface area (Å²) in [6.07, 6.45) is 0. The summed E-state index contributed by atoms with van der Waals surface area (Å²) >= 11 is 12.4. The second kappa shape index (κ2) is 4.90. The molecule has 0 fully saturated rings. The molecule has 0 atom stereocenters. The van der Waals surface area contributed by atoms with Gasteiger partial charge >= 0.3 is 0 Å². The number of thioether (sulfide) groups is 1. The maximum absolute atomic E-state index is 8.28. The van der Waals surface area contributed by atoms with Crippen LogP contribution < -0.4 is 0 Å². The molecule has 0 N–H and O–H groups in total. The van der Waals surface area contributed by atoms with Gasteiger partial charge in [-0.15, -0.1) is 11.8 Å². The third kappa shape index (κ3) is 4.05. The van der Waals surface area contributed by atoms with Gasteiger partial charge in [0.2, 0.25) is 0 Å². The number of hydrogen-bond donors (Lipinski definition) is 0. The summed E-state index contributed by atoms with van der Waals surface area (Å²) in [5.74, 6) is 0. The van der Waals surface area contributed by atoms with Crippen LogP contribution in [-0.2, 0) is 0 Å². The van der Waals surface area contributed by atoms with Gasteiger partial charge in [0, 0.05) is 5.25 Å². The summed E-state index contributed by atoms with van der Waals surface area (Å²) in [6.45, 7) is 3.96. The Balaban J connectivity index is 4.09. The van der Waals surface area contributed by atoms with Crippen molar-refractivity contribution in [1.29, 1.82) is 5.26 Å². The zero-order valence-electron chi connectivity index (χ0n) is 5.69. The van der Waals surface area contributed by atoms with Crippen LogP contribution in [0, 0.1) is 11.3 Å². The van der Waals surface area contributed by atoms with Gasteiger partial charge in [-0.2, -0.15) is 5.26 Å². The summed E-state index contributed by atoms with van der Waals surface area (Å²) in [4.78, 5) is 0. The number of rotatable bonds is 2. The fraction of sp³-hybridized carbons (Fsp3) is 0.500. The molecule has 0 aromatic carbocycles. The highest BCUT2D eigenvalue weighted by molar-refractivity contribution is 8.05. The highest BCUT2D eigenvalue weighted by Crippen LogP contribution is 2.29. The minimum atomic E-state index is 0.0698. The minimum absolute atomic E-state index is 0.0698. The molecule has 0 bridgehead atoms. The average Bonchev–Trinajstić information content (AvgIpc) is 1.85. The van der Waals surface area contributed by atoms with E-state index in [0.29, 0.717) is 9.61 Å². The van der Waals surface area contributed by atoms with Gasteiger partial charge in [-0.3, -0.25) is 0 Å². The number of allylic oxidation sites excluding steroid dienone is 1. The predicted molar refractivity (Wildman–Crippen MR) is 47.1 cm³/mol. The van der Waals surface area contributed by atoms with Crippen molar-refractivity contribution in [3.05, 3.63) is 9.40 Å². The van der Waals surface area contributed by atoms with E-state index in [1.807, 2.05) is 13.8 Å². The van der Waals surface area contributed by atoms with Crippen LogP contribution >= 0.6 is 35.0 Å². The standard InChI is InChI=1S/C6H7Cl2NS/c1-4(2)10-6(8)5(7)3-9/h4H,1-2H3. The second-order valence-electron chi connectivity index (χ2n) is 1.87. The van der Waals surface area contributed by atoms with Crippen molar-refractivity contribution in [3.63, 3.8) is 0 Å². The first-order chi connectivity index (χ1) is 4.57. The maximum atomic E-state index is 8.28. The topological polar surface area (TPSA) is 23.8 Å². The van der Waals surface area contributed by atoms with Crippen LogP contribution in [0.1, 0.15) is 13.8 Å². The van der Waals surface area contributed by atoms with E-state index in [0.717, 1.165) is 0 Å². The summed E-state index contributed by atoms with van der Waals surface area (Å²) < 4.78 is 0.374. The molecular formula is C6H7Cl2NS. The summed E-state index contributed by atoms with van der Waals surface area (Å²) in [7, 11) is 0. The van der Waals surface area contributed by atoms with Crippen LogP contribution in [0.2, 0.25) is 0 Å². The molecule has 10 heavy (non-hydrogen) atoms. The summed E-state index contributed by atoms with van der Waals surface area (Å²) in [5.41, 5.74) is 0. The number of hydrogen-bond acceptors (Lipinski definition) is 2. The Labute approximate surface area is 75.0 Å². The molecule has 0 unspecified atom stereocenters. The molecule has 4 heteroatoms. The van der Waals surface area contributed by atoms with Gasteiger partial charge in [0.25, 0.3) is 0 Å². The molecule has 0 rings (SSSR count). The highest BCUT2D eigenvalue weighted by atomic mass is 35.5. The Hall–Kier alpha value is 0.160. The number of nitrogens with zero attached hydrogens (tertiary/aromatic N) is 1. The molecule has 0 amide bonds. The molecule has 0 aromatic heterocycles. The monoisotopic (exact) mass is 195 g/mol. The molecule has 0 radical (unpaired) electrons. The van der Waals surface area contributed by atoms with Gasteiger partial charge < -0.3 is 0 Å². The van der Waals surface area contributed by atoms with Crippen LogP contribution in [0.5, 0.6) is 0 Å². The lowest BCUT2D eigenvalue weighted by atomic mass is 10.6. The van der Waals surface area contributed by atoms with Crippen LogP contribution in [0.15, 0.2) is 9.40 Å². The Morgan fingerprint density at radius 1 is 1.50 bits per heavy atom. The molecular weight excluding hydrogens is 189 g/mol. The quantitative estimate of drug-likeness (QED) is 0.632. The van der Waals surface area contributed by atoms with Gasteiger partial charge in [0.1, 0.15) is 15.5 Å². The predicted octanol–water partition coefficient (Wildman–Crippen LogP) is 3.30. The van der Waals surface area contributed by atoms with Crippen molar-refractivity contribution < 1.29 is 0 Å². The lowest BCUT2D eigenvalue weighted by molar-refractivity contribution is 1.12. The van der Waals surface area contributed by atoms with Gasteiger partial charge in [0.15, 0.2) is 0 Å². The molecule has 0 aliphatic heterocycles. The van der Waals surface area contributed by atoms with E-state index in [1.165, 1.54) is 11.8 Å². The molecule has 0 aromatic rings. The third-order valence-electron chi connectivity index (χ3n) is 0.610. The van der Waals surface area contributed by atoms with Crippen molar-refractivity contribution >= 4 is 35.0 Å². The Kier molecular flexibility index (Phi) is 4.98. The first kappa shape index (κ1) is 10.2. The van der Waals surface area contributed by atoms with Gasteiger partial charge in [-0.25, -0.2) is 0 Å². The van der Waals surface area contributed by atoms with Crippen molar-refractivity contribution in [1.82, 2.24) is 0 Å². The van der Waals surface area contributed by atoms with E-state index in [-0.39, 0.29) is 5.03 Å². The SMILES string of the molecule is CC(C)SC(Cl)=C(Cl)C#N. The molecule has 56 valence electrons. The highest BCUT2D eigenvalue weighted by Gasteiger charge is 2.03. The number of halogens is 2. The van der Waals surface area contributed by atoms with Crippen molar-refractivity contribution in [2.24, 2.45) is 0 Å². The van der Waals surface area contributed by atoms with Crippen LogP contribution in [0.3, 0.4) is 0 Å². The first-order valence-electron chi connectivity index (χ1n) is 2.70. The molecule has 0 saturated carbocycles. The lowest BCUT2D eigenvalue weighted by Crippen LogP contribution is -1.84. The molecule has 0 saturated heterocycles. The molecule has 0 heterocycles. The maximum Gasteiger partial charge on any atom is 0.143 e. The fourth-order valence-electron chi connectivity index (χ4n) is 0.303. The van der Waals surface area contributed by atoms with E-state index in [4.69, 9.17) is 28.5 Å². The van der Waals surface area contributed by atoms with E-state index < -0.39 is 0 Å². The lowest BCUT2D eigenvalue weighted by Gasteiger charge is -2.00. The molecule has 0 aliphatic rings. The van der Waals surface area contributed by atoms with Gasteiger partial charge in [-0.1, -0.05) is 37.0 Å². The minimum Gasteiger partial charge on any atom is -0.191 e. The first-order valence-corrected chi connectivity index (χ1v) is 4.33. The third-order valence-corrected chi connectivity index (χ3v) is 2.43. The zero-order valence-corrected chi connectivity index (χ0v) is 8.02. The van der Waals surface area contributed by atoms with Crippen LogP contribution in [-0.4, -0.2) is 5.25 Å². The van der Waals surface area contributed by atoms with E-state index >= 15 is 0 Å². The van der Waals surface area contributed by atoms with E-state index in [2.05, 4.69) is 0 Å². The molecule has 1 nitrogen and oxygen atoms in total. The van der Waals surface area contributed by atoms with Crippen molar-refractivity contribution in [2.45, 2.75) is 19.1 Å². The number of nitriles is 1. The van der Waals surface area contributed by atoms with Crippen molar-refractivity contribution in [2.75, 3.05) is 0 Å². The Morgan fingerprint density at radius 2 is 2.00 bits per heavy atom. The summed E-state index contributed by atoms with van der Waals surface area (Å²) in [5, 5.41) is 8.71. The van der Waals surface area contributed by atoms with Crippen LogP contribution in [0.25, 0.3) is 0 Å². The Bertz CT molecular complexity index is 181. The largest absolute Gasteiger partial charge is 0.191 e.